The minimum absolute atomic E-state index is 0.132. The maximum absolute atomic E-state index is 11.2. The first-order valence-corrected chi connectivity index (χ1v) is 8.31. The summed E-state index contributed by atoms with van der Waals surface area (Å²) in [6.45, 7) is 10.0. The standard InChI is InChI=1S/C12H22N2OS2/c1-5-17(15)7-6-13-8-10-9-16-11(14-10)12(2,3)4/h9,13H,5-8H2,1-4H3. The molecule has 3 nitrogen and oxygen atoms in total. The Balaban J connectivity index is 2.33. The van der Waals surface area contributed by atoms with Gasteiger partial charge in [-0.2, -0.15) is 0 Å². The van der Waals surface area contributed by atoms with Gasteiger partial charge in [0, 0.05) is 46.2 Å². The van der Waals surface area contributed by atoms with E-state index in [-0.39, 0.29) is 5.41 Å². The van der Waals surface area contributed by atoms with Gasteiger partial charge in [0.15, 0.2) is 0 Å². The first-order chi connectivity index (χ1) is 7.93. The molecule has 5 heteroatoms. The highest BCUT2D eigenvalue weighted by atomic mass is 32.2. The van der Waals surface area contributed by atoms with Crippen LogP contribution in [0.5, 0.6) is 0 Å². The Bertz CT molecular complexity index is 369. The minimum Gasteiger partial charge on any atom is -0.310 e. The summed E-state index contributed by atoms with van der Waals surface area (Å²) in [5, 5.41) is 6.56. The highest BCUT2D eigenvalue weighted by Crippen LogP contribution is 2.25. The molecule has 1 N–H and O–H groups in total. The van der Waals surface area contributed by atoms with Gasteiger partial charge in [-0.3, -0.25) is 4.21 Å². The third kappa shape index (κ3) is 5.27. The Hall–Kier alpha value is -0.260. The van der Waals surface area contributed by atoms with E-state index < -0.39 is 10.8 Å². The third-order valence-electron chi connectivity index (χ3n) is 2.33. The van der Waals surface area contributed by atoms with Gasteiger partial charge in [0.05, 0.1) is 10.7 Å². The second-order valence-corrected chi connectivity index (χ2v) is 7.73. The quantitative estimate of drug-likeness (QED) is 0.809. The van der Waals surface area contributed by atoms with E-state index in [4.69, 9.17) is 0 Å². The van der Waals surface area contributed by atoms with E-state index in [1.165, 1.54) is 5.01 Å². The molecule has 0 bridgehead atoms. The molecular weight excluding hydrogens is 252 g/mol. The SMILES string of the molecule is CCS(=O)CCNCc1csc(C(C)(C)C)n1. The van der Waals surface area contributed by atoms with Crippen LogP contribution >= 0.6 is 11.3 Å². The van der Waals surface area contributed by atoms with Crippen molar-refractivity contribution in [1.82, 2.24) is 10.3 Å². The number of hydrogen-bond acceptors (Lipinski definition) is 4. The highest BCUT2D eigenvalue weighted by Gasteiger charge is 2.17. The molecule has 98 valence electrons. The first kappa shape index (κ1) is 14.8. The van der Waals surface area contributed by atoms with E-state index >= 15 is 0 Å². The lowest BCUT2D eigenvalue weighted by Gasteiger charge is -2.13. The summed E-state index contributed by atoms with van der Waals surface area (Å²) in [7, 11) is -0.674. The summed E-state index contributed by atoms with van der Waals surface area (Å²) >= 11 is 1.71. The predicted octanol–water partition coefficient (Wildman–Crippen LogP) is 2.30. The van der Waals surface area contributed by atoms with Crippen molar-refractivity contribution in [3.63, 3.8) is 0 Å². The van der Waals surface area contributed by atoms with Crippen molar-refractivity contribution in [2.75, 3.05) is 18.1 Å². The summed E-state index contributed by atoms with van der Waals surface area (Å²) in [5.74, 6) is 1.47. The van der Waals surface area contributed by atoms with Gasteiger partial charge in [-0.25, -0.2) is 4.98 Å². The average Bonchev–Trinajstić information content (AvgIpc) is 2.72. The van der Waals surface area contributed by atoms with Gasteiger partial charge in [-0.1, -0.05) is 27.7 Å². The second kappa shape index (κ2) is 6.61. The van der Waals surface area contributed by atoms with Crippen LogP contribution in [-0.2, 0) is 22.8 Å². The van der Waals surface area contributed by atoms with Gasteiger partial charge < -0.3 is 5.32 Å². The van der Waals surface area contributed by atoms with E-state index in [1.54, 1.807) is 11.3 Å². The highest BCUT2D eigenvalue weighted by molar-refractivity contribution is 7.84. The lowest BCUT2D eigenvalue weighted by Crippen LogP contribution is -2.21. The molecule has 0 radical (unpaired) electrons. The molecule has 17 heavy (non-hydrogen) atoms. The Labute approximate surface area is 111 Å². The van der Waals surface area contributed by atoms with Crippen LogP contribution in [0.15, 0.2) is 5.38 Å². The molecule has 0 aliphatic rings. The minimum atomic E-state index is -0.674. The summed E-state index contributed by atoms with van der Waals surface area (Å²) in [5.41, 5.74) is 1.22. The zero-order chi connectivity index (χ0) is 12.9. The Morgan fingerprint density at radius 3 is 2.71 bits per heavy atom. The van der Waals surface area contributed by atoms with E-state index in [0.29, 0.717) is 0 Å². The van der Waals surface area contributed by atoms with E-state index in [2.05, 4.69) is 36.5 Å². The maximum Gasteiger partial charge on any atom is 0.0982 e. The summed E-state index contributed by atoms with van der Waals surface area (Å²) in [6.07, 6.45) is 0. The smallest absolute Gasteiger partial charge is 0.0982 e. The lowest BCUT2D eigenvalue weighted by atomic mass is 9.98. The predicted molar refractivity (Wildman–Crippen MR) is 76.1 cm³/mol. The topological polar surface area (TPSA) is 42.0 Å². The van der Waals surface area contributed by atoms with Crippen molar-refractivity contribution in [2.45, 2.75) is 39.7 Å². The molecule has 0 aromatic carbocycles. The molecule has 1 aromatic rings. The zero-order valence-electron chi connectivity index (χ0n) is 11.1. The molecule has 0 spiro atoms. The molecule has 1 atom stereocenters. The summed E-state index contributed by atoms with van der Waals surface area (Å²) in [4.78, 5) is 4.60. The van der Waals surface area contributed by atoms with Crippen LogP contribution in [0, 0.1) is 0 Å². The van der Waals surface area contributed by atoms with Gasteiger partial charge in [0.2, 0.25) is 0 Å². The van der Waals surface area contributed by atoms with Gasteiger partial charge in [-0.15, -0.1) is 11.3 Å². The van der Waals surface area contributed by atoms with Gasteiger partial charge in [0.1, 0.15) is 0 Å². The van der Waals surface area contributed by atoms with Crippen molar-refractivity contribution in [2.24, 2.45) is 0 Å². The molecular formula is C12H22N2OS2. The van der Waals surface area contributed by atoms with Crippen LogP contribution in [0.4, 0.5) is 0 Å². The van der Waals surface area contributed by atoms with Crippen LogP contribution in [0.2, 0.25) is 0 Å². The van der Waals surface area contributed by atoms with Crippen LogP contribution in [0.1, 0.15) is 38.4 Å². The molecule has 0 saturated carbocycles. The monoisotopic (exact) mass is 274 g/mol. The molecule has 0 amide bonds. The molecule has 0 aliphatic heterocycles. The number of thiazole rings is 1. The lowest BCUT2D eigenvalue weighted by molar-refractivity contribution is 0.580. The van der Waals surface area contributed by atoms with E-state index in [0.717, 1.165) is 30.3 Å². The molecule has 0 fully saturated rings. The molecule has 1 unspecified atom stereocenters. The number of nitrogens with zero attached hydrogens (tertiary/aromatic N) is 1. The Morgan fingerprint density at radius 1 is 1.47 bits per heavy atom. The van der Waals surface area contributed by atoms with Crippen molar-refractivity contribution in [3.05, 3.63) is 16.1 Å². The van der Waals surface area contributed by atoms with Crippen LogP contribution in [-0.4, -0.2) is 27.2 Å². The van der Waals surface area contributed by atoms with Gasteiger partial charge >= 0.3 is 0 Å². The van der Waals surface area contributed by atoms with Gasteiger partial charge in [-0.05, 0) is 0 Å². The number of hydrogen-bond donors (Lipinski definition) is 1. The molecule has 1 rings (SSSR count). The number of aromatic nitrogens is 1. The fourth-order valence-corrected chi connectivity index (χ4v) is 2.85. The van der Waals surface area contributed by atoms with Crippen molar-refractivity contribution in [3.8, 4) is 0 Å². The van der Waals surface area contributed by atoms with Crippen molar-refractivity contribution >= 4 is 22.1 Å². The van der Waals surface area contributed by atoms with E-state index in [1.807, 2.05) is 6.92 Å². The summed E-state index contributed by atoms with van der Waals surface area (Å²) < 4.78 is 11.2. The third-order valence-corrected chi connectivity index (χ3v) is 4.95. The molecule has 1 aromatic heterocycles. The fourth-order valence-electron chi connectivity index (χ4n) is 1.28. The van der Waals surface area contributed by atoms with Crippen molar-refractivity contribution < 1.29 is 4.21 Å². The van der Waals surface area contributed by atoms with Gasteiger partial charge in [0.25, 0.3) is 0 Å². The molecule has 0 saturated heterocycles. The number of rotatable bonds is 6. The largest absolute Gasteiger partial charge is 0.310 e. The first-order valence-electron chi connectivity index (χ1n) is 5.94. The van der Waals surface area contributed by atoms with Crippen LogP contribution in [0.25, 0.3) is 0 Å². The summed E-state index contributed by atoms with van der Waals surface area (Å²) in [6, 6.07) is 0. The fraction of sp³-hybridized carbons (Fsp3) is 0.750. The zero-order valence-corrected chi connectivity index (χ0v) is 12.7. The molecule has 0 aliphatic carbocycles. The molecule has 1 heterocycles. The van der Waals surface area contributed by atoms with Crippen LogP contribution in [0.3, 0.4) is 0 Å². The van der Waals surface area contributed by atoms with E-state index in [9.17, 15) is 4.21 Å². The van der Waals surface area contributed by atoms with Crippen LogP contribution < -0.4 is 5.32 Å². The van der Waals surface area contributed by atoms with Crippen molar-refractivity contribution in [1.29, 1.82) is 0 Å². The second-order valence-electron chi connectivity index (χ2n) is 5.00. The Morgan fingerprint density at radius 2 is 2.18 bits per heavy atom. The Kier molecular flexibility index (Phi) is 5.76. The maximum atomic E-state index is 11.2. The number of nitrogens with one attached hydrogen (secondary N) is 1. The normalized spacial score (nSPS) is 13.9. The average molecular weight is 274 g/mol.